The van der Waals surface area contributed by atoms with Crippen LogP contribution in [0.4, 0.5) is 5.13 Å². The van der Waals surface area contributed by atoms with Crippen LogP contribution in [0.3, 0.4) is 0 Å². The first-order valence-electron chi connectivity index (χ1n) is 5.19. The normalized spacial score (nSPS) is 23.0. The number of nitrogens with zero attached hydrogens (tertiary/aromatic N) is 3. The van der Waals surface area contributed by atoms with Crippen molar-refractivity contribution in [2.45, 2.75) is 18.9 Å². The highest BCUT2D eigenvalue weighted by atomic mass is 79.9. The Morgan fingerprint density at radius 3 is 3.07 bits per heavy atom. The molecule has 1 aliphatic heterocycles. The van der Waals surface area contributed by atoms with E-state index in [4.69, 9.17) is 0 Å². The van der Waals surface area contributed by atoms with Gasteiger partial charge in [0.25, 0.3) is 0 Å². The topological polar surface area (TPSA) is 19.4 Å². The maximum Gasteiger partial charge on any atom is 0.186 e. The molecule has 0 amide bonds. The molecule has 0 bridgehead atoms. The lowest BCUT2D eigenvalue weighted by molar-refractivity contribution is 0.248. The van der Waals surface area contributed by atoms with E-state index in [-0.39, 0.29) is 0 Å². The fraction of sp³-hybridized carbons (Fsp3) is 0.700. The number of hydrogen-bond acceptors (Lipinski definition) is 4. The molecule has 1 aromatic heterocycles. The molecule has 1 saturated heterocycles. The van der Waals surface area contributed by atoms with Crippen molar-refractivity contribution in [3.05, 3.63) is 9.98 Å². The van der Waals surface area contributed by atoms with Crippen molar-refractivity contribution in [2.75, 3.05) is 32.1 Å². The van der Waals surface area contributed by atoms with E-state index in [0.29, 0.717) is 6.04 Å². The van der Waals surface area contributed by atoms with Crippen LogP contribution in [-0.4, -0.2) is 43.1 Å². The molecule has 1 aromatic rings. The van der Waals surface area contributed by atoms with Gasteiger partial charge in [0, 0.05) is 25.0 Å². The van der Waals surface area contributed by atoms with Gasteiger partial charge in [-0.25, -0.2) is 4.98 Å². The summed E-state index contributed by atoms with van der Waals surface area (Å²) in [4.78, 5) is 9.16. The molecule has 1 fully saturated rings. The van der Waals surface area contributed by atoms with E-state index in [2.05, 4.69) is 44.8 Å². The average Bonchev–Trinajstić information content (AvgIpc) is 2.64. The molecule has 0 aliphatic carbocycles. The molecular formula is C10H16BrN3S. The van der Waals surface area contributed by atoms with Gasteiger partial charge < -0.3 is 9.80 Å². The van der Waals surface area contributed by atoms with Gasteiger partial charge in [-0.1, -0.05) is 0 Å². The van der Waals surface area contributed by atoms with Crippen molar-refractivity contribution in [2.24, 2.45) is 0 Å². The largest absolute Gasteiger partial charge is 0.347 e. The maximum absolute atomic E-state index is 4.45. The number of piperidine rings is 1. The Morgan fingerprint density at radius 1 is 1.67 bits per heavy atom. The van der Waals surface area contributed by atoms with Gasteiger partial charge in [-0.3, -0.25) is 0 Å². The summed E-state index contributed by atoms with van der Waals surface area (Å²) < 4.78 is 0.943. The van der Waals surface area contributed by atoms with Crippen LogP contribution in [0.2, 0.25) is 0 Å². The highest BCUT2D eigenvalue weighted by Crippen LogP contribution is 2.26. The van der Waals surface area contributed by atoms with E-state index < -0.39 is 0 Å². The number of likely N-dealkylation sites (tertiary alicyclic amines) is 1. The quantitative estimate of drug-likeness (QED) is 0.834. The molecule has 0 N–H and O–H groups in total. The van der Waals surface area contributed by atoms with Gasteiger partial charge in [-0.15, -0.1) is 11.3 Å². The molecule has 1 atom stereocenters. The molecule has 5 heteroatoms. The molecule has 1 unspecified atom stereocenters. The van der Waals surface area contributed by atoms with Gasteiger partial charge in [0.15, 0.2) is 5.13 Å². The van der Waals surface area contributed by atoms with Crippen molar-refractivity contribution in [1.82, 2.24) is 9.88 Å². The first kappa shape index (κ1) is 11.4. The second-order valence-corrected chi connectivity index (χ2v) is 5.77. The number of thiazole rings is 1. The minimum absolute atomic E-state index is 0.613. The Kier molecular flexibility index (Phi) is 3.64. The fourth-order valence-electron chi connectivity index (χ4n) is 2.02. The number of hydrogen-bond donors (Lipinski definition) is 0. The zero-order valence-corrected chi connectivity index (χ0v) is 11.5. The molecule has 2 rings (SSSR count). The minimum Gasteiger partial charge on any atom is -0.347 e. The number of halogens is 1. The third-order valence-corrected chi connectivity index (χ3v) is 4.55. The van der Waals surface area contributed by atoms with Crippen LogP contribution in [-0.2, 0) is 0 Å². The van der Waals surface area contributed by atoms with Gasteiger partial charge >= 0.3 is 0 Å². The highest BCUT2D eigenvalue weighted by molar-refractivity contribution is 9.10. The Bertz CT molecular complexity index is 328. The second-order valence-electron chi connectivity index (χ2n) is 4.12. The van der Waals surface area contributed by atoms with Gasteiger partial charge in [0.2, 0.25) is 0 Å². The third kappa shape index (κ3) is 2.71. The van der Waals surface area contributed by atoms with E-state index in [1.807, 2.05) is 5.38 Å². The second kappa shape index (κ2) is 4.80. The van der Waals surface area contributed by atoms with Crippen LogP contribution >= 0.6 is 27.3 Å². The van der Waals surface area contributed by atoms with Crippen LogP contribution in [0.5, 0.6) is 0 Å². The molecule has 0 radical (unpaired) electrons. The van der Waals surface area contributed by atoms with Gasteiger partial charge in [0.05, 0.1) is 0 Å². The summed E-state index contributed by atoms with van der Waals surface area (Å²) >= 11 is 5.10. The summed E-state index contributed by atoms with van der Waals surface area (Å²) in [7, 11) is 4.34. The maximum atomic E-state index is 4.45. The summed E-state index contributed by atoms with van der Waals surface area (Å²) in [6.45, 7) is 2.37. The lowest BCUT2D eigenvalue weighted by atomic mass is 10.1. The Hall–Kier alpha value is -0.130. The monoisotopic (exact) mass is 289 g/mol. The first-order chi connectivity index (χ1) is 7.16. The lowest BCUT2D eigenvalue weighted by Crippen LogP contribution is -2.45. The summed E-state index contributed by atoms with van der Waals surface area (Å²) in [6.07, 6.45) is 2.57. The number of likely N-dealkylation sites (N-methyl/N-ethyl adjacent to an activating group) is 2. The van der Waals surface area contributed by atoms with Gasteiger partial charge in [0.1, 0.15) is 4.60 Å². The summed E-state index contributed by atoms with van der Waals surface area (Å²) in [5, 5.41) is 3.15. The van der Waals surface area contributed by atoms with Crippen molar-refractivity contribution in [1.29, 1.82) is 0 Å². The molecule has 1 aliphatic rings. The third-order valence-electron chi connectivity index (χ3n) is 2.91. The Balaban J connectivity index is 2.03. The molecule has 3 nitrogen and oxygen atoms in total. The predicted octanol–water partition coefficient (Wildman–Crippen LogP) is 2.44. The lowest BCUT2D eigenvalue weighted by Gasteiger charge is -2.35. The SMILES string of the molecule is CN1CCCC(N(C)c2nc(Br)cs2)C1. The molecule has 2 heterocycles. The number of rotatable bonds is 2. The zero-order chi connectivity index (χ0) is 10.8. The van der Waals surface area contributed by atoms with Crippen molar-refractivity contribution in [3.8, 4) is 0 Å². The first-order valence-corrected chi connectivity index (χ1v) is 6.86. The van der Waals surface area contributed by atoms with E-state index >= 15 is 0 Å². The smallest absolute Gasteiger partial charge is 0.186 e. The Morgan fingerprint density at radius 2 is 2.47 bits per heavy atom. The van der Waals surface area contributed by atoms with Crippen LogP contribution in [0.1, 0.15) is 12.8 Å². The van der Waals surface area contributed by atoms with Crippen molar-refractivity contribution < 1.29 is 0 Å². The Labute approximate surface area is 103 Å². The summed E-state index contributed by atoms with van der Waals surface area (Å²) in [5.74, 6) is 0. The van der Waals surface area contributed by atoms with E-state index in [1.165, 1.54) is 19.4 Å². The van der Waals surface area contributed by atoms with E-state index in [9.17, 15) is 0 Å². The molecular weight excluding hydrogens is 274 g/mol. The van der Waals surface area contributed by atoms with E-state index in [1.54, 1.807) is 11.3 Å². The molecule has 84 valence electrons. The summed E-state index contributed by atoms with van der Waals surface area (Å²) in [6, 6.07) is 0.613. The molecule has 0 aromatic carbocycles. The highest BCUT2D eigenvalue weighted by Gasteiger charge is 2.22. The van der Waals surface area contributed by atoms with Crippen LogP contribution < -0.4 is 4.90 Å². The average molecular weight is 290 g/mol. The van der Waals surface area contributed by atoms with Crippen LogP contribution in [0, 0.1) is 0 Å². The standard InChI is InChI=1S/C10H16BrN3S/c1-13-5-3-4-8(6-13)14(2)10-12-9(11)7-15-10/h7-8H,3-6H2,1-2H3. The summed E-state index contributed by atoms with van der Waals surface area (Å²) in [5.41, 5.74) is 0. The zero-order valence-electron chi connectivity index (χ0n) is 9.11. The van der Waals surface area contributed by atoms with Crippen LogP contribution in [0.15, 0.2) is 9.98 Å². The van der Waals surface area contributed by atoms with Crippen LogP contribution in [0.25, 0.3) is 0 Å². The van der Waals surface area contributed by atoms with E-state index in [0.717, 1.165) is 16.3 Å². The minimum atomic E-state index is 0.613. The van der Waals surface area contributed by atoms with Gasteiger partial charge in [-0.05, 0) is 42.4 Å². The number of aromatic nitrogens is 1. The van der Waals surface area contributed by atoms with Crippen molar-refractivity contribution in [3.63, 3.8) is 0 Å². The molecule has 0 spiro atoms. The molecule has 15 heavy (non-hydrogen) atoms. The number of anilines is 1. The van der Waals surface area contributed by atoms with Gasteiger partial charge in [-0.2, -0.15) is 0 Å². The fourth-order valence-corrected chi connectivity index (χ4v) is 3.31. The van der Waals surface area contributed by atoms with Crippen molar-refractivity contribution >= 4 is 32.4 Å². The molecule has 0 saturated carbocycles. The predicted molar refractivity (Wildman–Crippen MR) is 68.7 cm³/mol.